The number of ether oxygens (including phenoxy) is 1. The number of nitrogens with one attached hydrogen (secondary N) is 1. The van der Waals surface area contributed by atoms with Crippen LogP contribution in [-0.4, -0.2) is 37.2 Å². The van der Waals surface area contributed by atoms with Crippen molar-refractivity contribution in [3.05, 3.63) is 35.9 Å². The van der Waals surface area contributed by atoms with Crippen molar-refractivity contribution in [3.8, 4) is 0 Å². The van der Waals surface area contributed by atoms with Crippen molar-refractivity contribution in [1.82, 2.24) is 10.2 Å². The van der Waals surface area contributed by atoms with Crippen LogP contribution in [0.2, 0.25) is 0 Å². The molecule has 1 aliphatic heterocycles. The molecule has 0 bridgehead atoms. The van der Waals surface area contributed by atoms with Crippen molar-refractivity contribution in [2.45, 2.75) is 25.5 Å². The number of alkyl carbamates (subject to hydrolysis) is 1. The largest absolute Gasteiger partial charge is 0.445 e. The normalized spacial score (nSPS) is 16.5. The van der Waals surface area contributed by atoms with Crippen LogP contribution in [0.3, 0.4) is 0 Å². The molecule has 1 amide bonds. The molecule has 1 saturated heterocycles. The molecular weight excluding hydrogens is 264 g/mol. The Kier molecular flexibility index (Phi) is 6.67. The minimum atomic E-state index is -0.312. The van der Waals surface area contributed by atoms with Gasteiger partial charge in [-0.05, 0) is 38.5 Å². The Bertz CT molecular complexity index is 378. The van der Waals surface area contributed by atoms with Crippen molar-refractivity contribution >= 4 is 18.5 Å². The standard InChI is InChI=1S/C14H20N2O2.ClH/c1-16-9-7-13(8-10-16)15-14(17)18-11-12-5-3-2-4-6-12;/h2-6,13H,7-11H2,1H3,(H,15,17);1H. The molecule has 1 fully saturated rings. The Morgan fingerprint density at radius 2 is 1.95 bits per heavy atom. The molecule has 5 heteroatoms. The molecule has 1 aromatic rings. The second-order valence-corrected chi connectivity index (χ2v) is 4.78. The summed E-state index contributed by atoms with van der Waals surface area (Å²) in [7, 11) is 2.10. The predicted octanol–water partition coefficient (Wildman–Crippen LogP) is 2.43. The van der Waals surface area contributed by atoms with Gasteiger partial charge in [-0.15, -0.1) is 12.4 Å². The van der Waals surface area contributed by atoms with E-state index in [2.05, 4.69) is 17.3 Å². The molecule has 0 saturated carbocycles. The van der Waals surface area contributed by atoms with E-state index in [1.54, 1.807) is 0 Å². The van der Waals surface area contributed by atoms with E-state index in [0.29, 0.717) is 6.61 Å². The summed E-state index contributed by atoms with van der Waals surface area (Å²) in [6.07, 6.45) is 1.68. The summed E-state index contributed by atoms with van der Waals surface area (Å²) in [6.45, 7) is 2.40. The number of amides is 1. The van der Waals surface area contributed by atoms with Crippen molar-refractivity contribution in [2.75, 3.05) is 20.1 Å². The van der Waals surface area contributed by atoms with Crippen molar-refractivity contribution < 1.29 is 9.53 Å². The zero-order chi connectivity index (χ0) is 12.8. The van der Waals surface area contributed by atoms with Crippen LogP contribution < -0.4 is 5.32 Å². The molecule has 0 aromatic heterocycles. The van der Waals surface area contributed by atoms with E-state index in [9.17, 15) is 4.79 Å². The zero-order valence-electron chi connectivity index (χ0n) is 11.2. The van der Waals surface area contributed by atoms with Crippen molar-refractivity contribution in [1.29, 1.82) is 0 Å². The van der Waals surface area contributed by atoms with Crippen LogP contribution in [0.1, 0.15) is 18.4 Å². The van der Waals surface area contributed by atoms with Gasteiger partial charge in [0.25, 0.3) is 0 Å². The summed E-state index contributed by atoms with van der Waals surface area (Å²) >= 11 is 0. The van der Waals surface area contributed by atoms with E-state index < -0.39 is 0 Å². The maximum atomic E-state index is 11.6. The lowest BCUT2D eigenvalue weighted by molar-refractivity contribution is 0.129. The zero-order valence-corrected chi connectivity index (χ0v) is 12.0. The van der Waals surface area contributed by atoms with E-state index in [-0.39, 0.29) is 24.5 Å². The van der Waals surface area contributed by atoms with Crippen LogP contribution in [0.15, 0.2) is 30.3 Å². The number of carbonyl (C=O) groups is 1. The number of carbonyl (C=O) groups excluding carboxylic acids is 1. The number of piperidine rings is 1. The molecule has 1 heterocycles. The van der Waals surface area contributed by atoms with Gasteiger partial charge >= 0.3 is 6.09 Å². The number of rotatable bonds is 3. The number of nitrogens with zero attached hydrogens (tertiary/aromatic N) is 1. The smallest absolute Gasteiger partial charge is 0.407 e. The fourth-order valence-electron chi connectivity index (χ4n) is 2.08. The van der Waals surface area contributed by atoms with Gasteiger partial charge in [0.05, 0.1) is 0 Å². The molecule has 0 aliphatic carbocycles. The lowest BCUT2D eigenvalue weighted by atomic mass is 10.1. The first kappa shape index (κ1) is 15.8. The maximum Gasteiger partial charge on any atom is 0.407 e. The highest BCUT2D eigenvalue weighted by Gasteiger charge is 2.18. The lowest BCUT2D eigenvalue weighted by Gasteiger charge is -2.29. The van der Waals surface area contributed by atoms with Gasteiger partial charge in [0, 0.05) is 6.04 Å². The highest BCUT2D eigenvalue weighted by atomic mass is 35.5. The van der Waals surface area contributed by atoms with Gasteiger partial charge in [-0.1, -0.05) is 30.3 Å². The molecule has 4 nitrogen and oxygen atoms in total. The Hall–Kier alpha value is -1.26. The second-order valence-electron chi connectivity index (χ2n) is 4.78. The molecule has 106 valence electrons. The van der Waals surface area contributed by atoms with E-state index in [1.165, 1.54) is 0 Å². The first-order chi connectivity index (χ1) is 8.74. The van der Waals surface area contributed by atoms with E-state index >= 15 is 0 Å². The summed E-state index contributed by atoms with van der Waals surface area (Å²) < 4.78 is 5.19. The van der Waals surface area contributed by atoms with Gasteiger partial charge < -0.3 is 15.0 Å². The Morgan fingerprint density at radius 3 is 2.58 bits per heavy atom. The minimum absolute atomic E-state index is 0. The Morgan fingerprint density at radius 1 is 1.32 bits per heavy atom. The second kappa shape index (κ2) is 8.02. The fourth-order valence-corrected chi connectivity index (χ4v) is 2.08. The van der Waals surface area contributed by atoms with Crippen LogP contribution in [0.5, 0.6) is 0 Å². The van der Waals surface area contributed by atoms with Crippen LogP contribution >= 0.6 is 12.4 Å². The highest BCUT2D eigenvalue weighted by Crippen LogP contribution is 2.08. The van der Waals surface area contributed by atoms with Crippen molar-refractivity contribution in [2.24, 2.45) is 0 Å². The Labute approximate surface area is 120 Å². The molecular formula is C14H21ClN2O2. The first-order valence-electron chi connectivity index (χ1n) is 6.40. The van der Waals surface area contributed by atoms with Gasteiger partial charge in [-0.2, -0.15) is 0 Å². The molecule has 0 radical (unpaired) electrons. The summed E-state index contributed by atoms with van der Waals surface area (Å²) in [6, 6.07) is 9.97. The fraction of sp³-hybridized carbons (Fsp3) is 0.500. The topological polar surface area (TPSA) is 41.6 Å². The van der Waals surface area contributed by atoms with Gasteiger partial charge in [-0.3, -0.25) is 0 Å². The molecule has 2 rings (SSSR count). The van der Waals surface area contributed by atoms with Gasteiger partial charge in [0.15, 0.2) is 0 Å². The average Bonchev–Trinajstić information content (AvgIpc) is 2.40. The van der Waals surface area contributed by atoms with E-state index in [0.717, 1.165) is 31.5 Å². The SMILES string of the molecule is CN1CCC(NC(=O)OCc2ccccc2)CC1.Cl. The number of hydrogen-bond acceptors (Lipinski definition) is 3. The number of likely N-dealkylation sites (tertiary alicyclic amines) is 1. The van der Waals surface area contributed by atoms with Crippen LogP contribution in [-0.2, 0) is 11.3 Å². The van der Waals surface area contributed by atoms with Gasteiger partial charge in [-0.25, -0.2) is 4.79 Å². The summed E-state index contributed by atoms with van der Waals surface area (Å²) in [5.41, 5.74) is 1.01. The monoisotopic (exact) mass is 284 g/mol. The predicted molar refractivity (Wildman–Crippen MR) is 77.5 cm³/mol. The molecule has 0 spiro atoms. The molecule has 1 aromatic carbocycles. The molecule has 1 aliphatic rings. The summed E-state index contributed by atoms with van der Waals surface area (Å²) in [5.74, 6) is 0. The number of halogens is 1. The lowest BCUT2D eigenvalue weighted by Crippen LogP contribution is -2.43. The van der Waals surface area contributed by atoms with Crippen LogP contribution in [0.25, 0.3) is 0 Å². The van der Waals surface area contributed by atoms with E-state index in [1.807, 2.05) is 30.3 Å². The van der Waals surface area contributed by atoms with Crippen LogP contribution in [0, 0.1) is 0 Å². The van der Waals surface area contributed by atoms with Crippen molar-refractivity contribution in [3.63, 3.8) is 0 Å². The third kappa shape index (κ3) is 5.49. The third-order valence-corrected chi connectivity index (χ3v) is 3.25. The third-order valence-electron chi connectivity index (χ3n) is 3.25. The quantitative estimate of drug-likeness (QED) is 0.927. The first-order valence-corrected chi connectivity index (χ1v) is 6.40. The average molecular weight is 285 g/mol. The minimum Gasteiger partial charge on any atom is -0.445 e. The molecule has 0 atom stereocenters. The highest BCUT2D eigenvalue weighted by molar-refractivity contribution is 5.85. The number of hydrogen-bond donors (Lipinski definition) is 1. The maximum absolute atomic E-state index is 11.6. The molecule has 0 unspecified atom stereocenters. The summed E-state index contributed by atoms with van der Waals surface area (Å²) in [4.78, 5) is 13.9. The summed E-state index contributed by atoms with van der Waals surface area (Å²) in [5, 5.41) is 2.92. The van der Waals surface area contributed by atoms with Crippen LogP contribution in [0.4, 0.5) is 4.79 Å². The van der Waals surface area contributed by atoms with Gasteiger partial charge in [0.1, 0.15) is 6.61 Å². The molecule has 1 N–H and O–H groups in total. The van der Waals surface area contributed by atoms with Gasteiger partial charge in [0.2, 0.25) is 0 Å². The van der Waals surface area contributed by atoms with E-state index in [4.69, 9.17) is 4.74 Å². The number of benzene rings is 1. The Balaban J connectivity index is 0.00000180. The molecule has 19 heavy (non-hydrogen) atoms.